The summed E-state index contributed by atoms with van der Waals surface area (Å²) in [6, 6.07) is 14.2. The van der Waals surface area contributed by atoms with Crippen LogP contribution in [0, 0.1) is 11.7 Å². The third-order valence-corrected chi connectivity index (χ3v) is 3.94. The lowest BCUT2D eigenvalue weighted by molar-refractivity contribution is -0.118. The second-order valence-corrected chi connectivity index (χ2v) is 5.54. The summed E-state index contributed by atoms with van der Waals surface area (Å²) in [4.78, 5) is 11.3. The number of ketones is 1. The maximum absolute atomic E-state index is 12.8. The fourth-order valence-corrected chi connectivity index (χ4v) is 2.57. The summed E-state index contributed by atoms with van der Waals surface area (Å²) in [7, 11) is 0. The minimum atomic E-state index is -0.243. The highest BCUT2D eigenvalue weighted by Gasteiger charge is 2.41. The SMILES string of the molecule is CC(=O)C1CC1c1ccc(OCc2ccc(F)cc2)cc1. The van der Waals surface area contributed by atoms with Crippen LogP contribution in [-0.4, -0.2) is 5.78 Å². The molecule has 0 amide bonds. The topological polar surface area (TPSA) is 26.3 Å². The number of carbonyl (C=O) groups is 1. The van der Waals surface area contributed by atoms with Gasteiger partial charge < -0.3 is 4.74 Å². The molecule has 2 aromatic rings. The van der Waals surface area contributed by atoms with Gasteiger partial charge in [-0.15, -0.1) is 0 Å². The van der Waals surface area contributed by atoms with E-state index < -0.39 is 0 Å². The second-order valence-electron chi connectivity index (χ2n) is 5.54. The summed E-state index contributed by atoms with van der Waals surface area (Å²) in [5.41, 5.74) is 2.13. The van der Waals surface area contributed by atoms with Crippen molar-refractivity contribution in [1.29, 1.82) is 0 Å². The van der Waals surface area contributed by atoms with E-state index >= 15 is 0 Å². The van der Waals surface area contributed by atoms with E-state index in [1.54, 1.807) is 19.1 Å². The van der Waals surface area contributed by atoms with Crippen molar-refractivity contribution in [3.63, 3.8) is 0 Å². The lowest BCUT2D eigenvalue weighted by atomic mass is 10.1. The maximum atomic E-state index is 12.8. The quantitative estimate of drug-likeness (QED) is 0.826. The molecular weight excluding hydrogens is 267 g/mol. The lowest BCUT2D eigenvalue weighted by Gasteiger charge is -2.07. The molecule has 0 aliphatic heterocycles. The molecule has 0 aromatic heterocycles. The molecule has 3 heteroatoms. The zero-order chi connectivity index (χ0) is 14.8. The summed E-state index contributed by atoms with van der Waals surface area (Å²) in [6.45, 7) is 2.07. The van der Waals surface area contributed by atoms with Gasteiger partial charge in [-0.1, -0.05) is 24.3 Å². The molecule has 0 N–H and O–H groups in total. The first-order valence-electron chi connectivity index (χ1n) is 7.11. The van der Waals surface area contributed by atoms with Crippen molar-refractivity contribution in [2.24, 2.45) is 5.92 Å². The van der Waals surface area contributed by atoms with Crippen LogP contribution < -0.4 is 4.74 Å². The van der Waals surface area contributed by atoms with Crippen LogP contribution in [0.15, 0.2) is 48.5 Å². The highest BCUT2D eigenvalue weighted by atomic mass is 19.1. The Hall–Kier alpha value is -2.16. The van der Waals surface area contributed by atoms with Crippen molar-refractivity contribution in [3.8, 4) is 5.75 Å². The number of ether oxygens (including phenoxy) is 1. The summed E-state index contributed by atoms with van der Waals surface area (Å²) in [6.07, 6.45) is 0.963. The van der Waals surface area contributed by atoms with Crippen LogP contribution in [0.2, 0.25) is 0 Å². The summed E-state index contributed by atoms with van der Waals surface area (Å²) >= 11 is 0. The Bertz CT molecular complexity index is 631. The first kappa shape index (κ1) is 13.8. The highest BCUT2D eigenvalue weighted by Crippen LogP contribution is 2.48. The van der Waals surface area contributed by atoms with Gasteiger partial charge >= 0.3 is 0 Å². The molecule has 0 spiro atoms. The monoisotopic (exact) mass is 284 g/mol. The van der Waals surface area contributed by atoms with E-state index in [9.17, 15) is 9.18 Å². The molecule has 108 valence electrons. The van der Waals surface area contributed by atoms with Crippen LogP contribution in [0.3, 0.4) is 0 Å². The van der Waals surface area contributed by atoms with E-state index in [0.717, 1.165) is 17.7 Å². The smallest absolute Gasteiger partial charge is 0.133 e. The Labute approximate surface area is 123 Å². The third-order valence-electron chi connectivity index (χ3n) is 3.94. The van der Waals surface area contributed by atoms with Crippen LogP contribution in [0.25, 0.3) is 0 Å². The van der Waals surface area contributed by atoms with Gasteiger partial charge in [-0.3, -0.25) is 4.79 Å². The average molecular weight is 284 g/mol. The van der Waals surface area contributed by atoms with Crippen molar-refractivity contribution in [3.05, 3.63) is 65.5 Å². The normalized spacial score (nSPS) is 20.1. The van der Waals surface area contributed by atoms with Crippen molar-refractivity contribution in [2.75, 3.05) is 0 Å². The molecule has 1 saturated carbocycles. The number of benzene rings is 2. The predicted molar refractivity (Wildman–Crippen MR) is 78.7 cm³/mol. The van der Waals surface area contributed by atoms with Gasteiger partial charge in [0, 0.05) is 5.92 Å². The van der Waals surface area contributed by atoms with Crippen LogP contribution >= 0.6 is 0 Å². The molecule has 2 aromatic carbocycles. The molecule has 2 atom stereocenters. The predicted octanol–water partition coefficient (Wildman–Crippen LogP) is 4.10. The van der Waals surface area contributed by atoms with Gasteiger partial charge in [-0.25, -0.2) is 4.39 Å². The van der Waals surface area contributed by atoms with Crippen molar-refractivity contribution >= 4 is 5.78 Å². The highest BCUT2D eigenvalue weighted by molar-refractivity contribution is 5.82. The number of hydrogen-bond acceptors (Lipinski definition) is 2. The Kier molecular flexibility index (Phi) is 3.74. The Morgan fingerprint density at radius 3 is 2.38 bits per heavy atom. The summed E-state index contributed by atoms with van der Waals surface area (Å²) < 4.78 is 18.5. The average Bonchev–Trinajstić information content (AvgIpc) is 3.28. The molecule has 2 unspecified atom stereocenters. The minimum Gasteiger partial charge on any atom is -0.489 e. The van der Waals surface area contributed by atoms with Crippen molar-refractivity contribution < 1.29 is 13.9 Å². The molecule has 0 heterocycles. The number of hydrogen-bond donors (Lipinski definition) is 0. The number of carbonyl (C=O) groups excluding carboxylic acids is 1. The van der Waals surface area contributed by atoms with Gasteiger partial charge in [0.25, 0.3) is 0 Å². The van der Waals surface area contributed by atoms with Gasteiger partial charge in [0.15, 0.2) is 0 Å². The van der Waals surface area contributed by atoms with Gasteiger partial charge in [0.2, 0.25) is 0 Å². The summed E-state index contributed by atoms with van der Waals surface area (Å²) in [5, 5.41) is 0. The Balaban J connectivity index is 1.57. The molecule has 1 fully saturated rings. The first-order chi connectivity index (χ1) is 10.1. The molecule has 1 aliphatic carbocycles. The minimum absolute atomic E-state index is 0.205. The largest absolute Gasteiger partial charge is 0.489 e. The van der Waals surface area contributed by atoms with Gasteiger partial charge in [0.05, 0.1) is 0 Å². The standard InChI is InChI=1S/C18H17FO2/c1-12(20)17-10-18(17)14-4-8-16(9-5-14)21-11-13-2-6-15(19)7-3-13/h2-9,17-18H,10-11H2,1H3. The fourth-order valence-electron chi connectivity index (χ4n) is 2.57. The van der Waals surface area contributed by atoms with Gasteiger partial charge in [-0.05, 0) is 54.7 Å². The molecule has 2 nitrogen and oxygen atoms in total. The maximum Gasteiger partial charge on any atom is 0.133 e. The van der Waals surface area contributed by atoms with Crippen LogP contribution in [-0.2, 0) is 11.4 Å². The second kappa shape index (κ2) is 5.68. The van der Waals surface area contributed by atoms with E-state index in [2.05, 4.69) is 0 Å². The number of Topliss-reactive ketones (excluding diaryl/α,β-unsaturated/α-hetero) is 1. The molecule has 0 radical (unpaired) electrons. The van der Waals surface area contributed by atoms with E-state index in [0.29, 0.717) is 12.5 Å². The molecule has 0 bridgehead atoms. The molecular formula is C18H17FO2. The van der Waals surface area contributed by atoms with Gasteiger partial charge in [0.1, 0.15) is 24.0 Å². The third kappa shape index (κ3) is 3.30. The van der Waals surface area contributed by atoms with E-state index in [4.69, 9.17) is 4.74 Å². The summed E-state index contributed by atoms with van der Waals surface area (Å²) in [5.74, 6) is 1.40. The number of rotatable bonds is 5. The Morgan fingerprint density at radius 1 is 1.14 bits per heavy atom. The van der Waals surface area contributed by atoms with Crippen LogP contribution in [0.4, 0.5) is 4.39 Å². The Morgan fingerprint density at radius 2 is 1.81 bits per heavy atom. The van der Waals surface area contributed by atoms with Gasteiger partial charge in [-0.2, -0.15) is 0 Å². The number of halogens is 1. The first-order valence-corrected chi connectivity index (χ1v) is 7.11. The molecule has 1 aliphatic rings. The lowest BCUT2D eigenvalue weighted by Crippen LogP contribution is -1.96. The van der Waals surface area contributed by atoms with Crippen molar-refractivity contribution in [2.45, 2.75) is 25.9 Å². The zero-order valence-corrected chi connectivity index (χ0v) is 11.9. The van der Waals surface area contributed by atoms with Crippen molar-refractivity contribution in [1.82, 2.24) is 0 Å². The van der Waals surface area contributed by atoms with E-state index in [1.165, 1.54) is 17.7 Å². The molecule has 3 rings (SSSR count). The zero-order valence-electron chi connectivity index (χ0n) is 11.9. The fraction of sp³-hybridized carbons (Fsp3) is 0.278. The van der Waals surface area contributed by atoms with Crippen LogP contribution in [0.5, 0.6) is 5.75 Å². The molecule has 0 saturated heterocycles. The van der Waals surface area contributed by atoms with E-state index in [1.807, 2.05) is 24.3 Å². The molecule has 21 heavy (non-hydrogen) atoms. The van der Waals surface area contributed by atoms with Crippen LogP contribution in [0.1, 0.15) is 30.4 Å². The van der Waals surface area contributed by atoms with E-state index in [-0.39, 0.29) is 17.5 Å².